The summed E-state index contributed by atoms with van der Waals surface area (Å²) >= 11 is 0. The van der Waals surface area contributed by atoms with Crippen LogP contribution in [0.25, 0.3) is 22.3 Å². The molecule has 1 aromatic heterocycles. The van der Waals surface area contributed by atoms with Gasteiger partial charge < -0.3 is 15.2 Å². The van der Waals surface area contributed by atoms with E-state index in [1.807, 2.05) is 30.3 Å². The molecule has 0 fully saturated rings. The predicted molar refractivity (Wildman–Crippen MR) is 96.6 cm³/mol. The molecule has 0 aliphatic heterocycles. The lowest BCUT2D eigenvalue weighted by Gasteiger charge is -2.16. The van der Waals surface area contributed by atoms with E-state index in [1.165, 1.54) is 7.11 Å². The van der Waals surface area contributed by atoms with Crippen molar-refractivity contribution < 1.29 is 9.84 Å². The standard InChI is InChI=1S/C19H21N3O2/c1-4-12(2)20-18-13-8-5-6-10-15(13)21-19(22-18)14-9-7-11-16(24-3)17(14)23/h5-12,23H,4H2,1-3H3,(H,20,21,22)/t12-/m0/s1. The van der Waals surface area contributed by atoms with E-state index >= 15 is 0 Å². The highest BCUT2D eigenvalue weighted by Crippen LogP contribution is 2.36. The van der Waals surface area contributed by atoms with Crippen LogP contribution in [0.1, 0.15) is 20.3 Å². The number of benzene rings is 2. The van der Waals surface area contributed by atoms with Gasteiger partial charge in [0.05, 0.1) is 18.2 Å². The molecule has 3 rings (SSSR count). The molecule has 0 amide bonds. The fraction of sp³-hybridized carbons (Fsp3) is 0.263. The monoisotopic (exact) mass is 323 g/mol. The molecule has 5 nitrogen and oxygen atoms in total. The largest absolute Gasteiger partial charge is 0.504 e. The van der Waals surface area contributed by atoms with E-state index in [4.69, 9.17) is 4.74 Å². The molecular weight excluding hydrogens is 302 g/mol. The molecule has 124 valence electrons. The first kappa shape index (κ1) is 16.1. The second-order valence-corrected chi connectivity index (χ2v) is 5.72. The molecule has 0 spiro atoms. The van der Waals surface area contributed by atoms with Gasteiger partial charge in [-0.15, -0.1) is 0 Å². The summed E-state index contributed by atoms with van der Waals surface area (Å²) < 4.78 is 5.19. The Bertz CT molecular complexity index is 864. The number of nitrogens with zero attached hydrogens (tertiary/aromatic N) is 2. The maximum atomic E-state index is 10.4. The lowest BCUT2D eigenvalue weighted by atomic mass is 10.1. The van der Waals surface area contributed by atoms with Crippen LogP contribution in [0.2, 0.25) is 0 Å². The van der Waals surface area contributed by atoms with Crippen LogP contribution >= 0.6 is 0 Å². The average Bonchev–Trinajstić information content (AvgIpc) is 2.61. The van der Waals surface area contributed by atoms with Gasteiger partial charge in [-0.25, -0.2) is 9.97 Å². The third-order valence-electron chi connectivity index (χ3n) is 4.06. The van der Waals surface area contributed by atoms with Gasteiger partial charge in [0, 0.05) is 11.4 Å². The van der Waals surface area contributed by atoms with E-state index < -0.39 is 0 Å². The first-order chi connectivity index (χ1) is 11.6. The van der Waals surface area contributed by atoms with Crippen molar-refractivity contribution >= 4 is 16.7 Å². The van der Waals surface area contributed by atoms with Gasteiger partial charge in [0.15, 0.2) is 17.3 Å². The number of rotatable bonds is 5. The molecule has 2 aromatic carbocycles. The summed E-state index contributed by atoms with van der Waals surface area (Å²) in [4.78, 5) is 9.27. The summed E-state index contributed by atoms with van der Waals surface area (Å²) in [6.07, 6.45) is 0.984. The number of ether oxygens (including phenoxy) is 1. The molecule has 0 unspecified atom stereocenters. The van der Waals surface area contributed by atoms with Crippen molar-refractivity contribution in [2.24, 2.45) is 0 Å². The highest BCUT2D eigenvalue weighted by Gasteiger charge is 2.15. The summed E-state index contributed by atoms with van der Waals surface area (Å²) in [5.41, 5.74) is 1.38. The number of fused-ring (bicyclic) bond motifs is 1. The van der Waals surface area contributed by atoms with Crippen LogP contribution in [0.4, 0.5) is 5.82 Å². The van der Waals surface area contributed by atoms with Gasteiger partial charge in [0.1, 0.15) is 5.82 Å². The maximum Gasteiger partial charge on any atom is 0.168 e. The highest BCUT2D eigenvalue weighted by molar-refractivity contribution is 5.91. The summed E-state index contributed by atoms with van der Waals surface area (Å²) in [5.74, 6) is 1.69. The lowest BCUT2D eigenvalue weighted by Crippen LogP contribution is -2.15. The number of aromatic nitrogens is 2. The molecule has 0 aliphatic rings. The molecule has 1 heterocycles. The molecular formula is C19H21N3O2. The third kappa shape index (κ3) is 2.97. The summed E-state index contributed by atoms with van der Waals surface area (Å²) in [6, 6.07) is 13.4. The average molecular weight is 323 g/mol. The Hall–Kier alpha value is -2.82. The molecule has 0 bridgehead atoms. The predicted octanol–water partition coefficient (Wildman–Crippen LogP) is 4.22. The molecule has 1 atom stereocenters. The van der Waals surface area contributed by atoms with Gasteiger partial charge in [-0.1, -0.05) is 25.1 Å². The topological polar surface area (TPSA) is 67.3 Å². The van der Waals surface area contributed by atoms with Crippen LogP contribution < -0.4 is 10.1 Å². The minimum atomic E-state index is 0.0461. The number of methoxy groups -OCH3 is 1. The van der Waals surface area contributed by atoms with E-state index in [0.717, 1.165) is 23.1 Å². The van der Waals surface area contributed by atoms with E-state index in [0.29, 0.717) is 17.1 Å². The zero-order valence-electron chi connectivity index (χ0n) is 14.1. The van der Waals surface area contributed by atoms with Crippen molar-refractivity contribution in [2.75, 3.05) is 12.4 Å². The molecule has 3 aromatic rings. The number of phenols is 1. The molecule has 0 saturated heterocycles. The summed E-state index contributed by atoms with van der Waals surface area (Å²) in [6.45, 7) is 4.23. The smallest absolute Gasteiger partial charge is 0.168 e. The number of phenolic OH excluding ortho intramolecular Hbond substituents is 1. The first-order valence-corrected chi connectivity index (χ1v) is 8.03. The van der Waals surface area contributed by atoms with Crippen molar-refractivity contribution in [1.29, 1.82) is 0 Å². The molecule has 0 saturated carbocycles. The second kappa shape index (κ2) is 6.74. The van der Waals surface area contributed by atoms with Crippen molar-refractivity contribution in [3.8, 4) is 22.9 Å². The minimum Gasteiger partial charge on any atom is -0.504 e. The van der Waals surface area contributed by atoms with E-state index in [9.17, 15) is 5.11 Å². The van der Waals surface area contributed by atoms with Crippen molar-refractivity contribution in [2.45, 2.75) is 26.3 Å². The number of hydrogen-bond acceptors (Lipinski definition) is 5. The van der Waals surface area contributed by atoms with Gasteiger partial charge in [0.2, 0.25) is 0 Å². The molecule has 24 heavy (non-hydrogen) atoms. The fourth-order valence-corrected chi connectivity index (χ4v) is 2.51. The lowest BCUT2D eigenvalue weighted by molar-refractivity contribution is 0.374. The number of para-hydroxylation sites is 2. The SMILES string of the molecule is CC[C@H](C)Nc1nc(-c2cccc(OC)c2O)nc2ccccc12. The van der Waals surface area contributed by atoms with E-state index in [2.05, 4.69) is 29.1 Å². The Labute approximate surface area is 141 Å². The molecule has 2 N–H and O–H groups in total. The number of anilines is 1. The highest BCUT2D eigenvalue weighted by atomic mass is 16.5. The van der Waals surface area contributed by atoms with Gasteiger partial charge in [0.25, 0.3) is 0 Å². The Balaban J connectivity index is 2.19. The molecule has 5 heteroatoms. The second-order valence-electron chi connectivity index (χ2n) is 5.72. The number of nitrogens with one attached hydrogen (secondary N) is 1. The van der Waals surface area contributed by atoms with Crippen molar-refractivity contribution in [3.05, 3.63) is 42.5 Å². The van der Waals surface area contributed by atoms with Crippen LogP contribution in [-0.2, 0) is 0 Å². The number of hydrogen-bond donors (Lipinski definition) is 2. The van der Waals surface area contributed by atoms with Crippen molar-refractivity contribution in [3.63, 3.8) is 0 Å². The quantitative estimate of drug-likeness (QED) is 0.736. The van der Waals surface area contributed by atoms with Gasteiger partial charge in [-0.05, 0) is 37.6 Å². The third-order valence-corrected chi connectivity index (χ3v) is 4.06. The normalized spacial score (nSPS) is 12.1. The van der Waals surface area contributed by atoms with Crippen molar-refractivity contribution in [1.82, 2.24) is 9.97 Å². The van der Waals surface area contributed by atoms with Crippen LogP contribution in [0, 0.1) is 0 Å². The molecule has 0 radical (unpaired) electrons. The molecule has 0 aliphatic carbocycles. The van der Waals surface area contributed by atoms with Crippen LogP contribution in [0.5, 0.6) is 11.5 Å². The Kier molecular flexibility index (Phi) is 4.51. The van der Waals surface area contributed by atoms with Crippen LogP contribution in [-0.4, -0.2) is 28.2 Å². The Morgan fingerprint density at radius 3 is 2.67 bits per heavy atom. The minimum absolute atomic E-state index is 0.0461. The van der Waals surface area contributed by atoms with Crippen LogP contribution in [0.15, 0.2) is 42.5 Å². The zero-order valence-corrected chi connectivity index (χ0v) is 14.1. The Morgan fingerprint density at radius 1 is 1.12 bits per heavy atom. The van der Waals surface area contributed by atoms with Crippen LogP contribution in [0.3, 0.4) is 0 Å². The fourth-order valence-electron chi connectivity index (χ4n) is 2.51. The zero-order chi connectivity index (χ0) is 17.1. The van der Waals surface area contributed by atoms with Gasteiger partial charge >= 0.3 is 0 Å². The van der Waals surface area contributed by atoms with E-state index in [-0.39, 0.29) is 11.8 Å². The maximum absolute atomic E-state index is 10.4. The van der Waals surface area contributed by atoms with Gasteiger partial charge in [-0.2, -0.15) is 0 Å². The van der Waals surface area contributed by atoms with Gasteiger partial charge in [-0.3, -0.25) is 0 Å². The Morgan fingerprint density at radius 2 is 1.92 bits per heavy atom. The summed E-state index contributed by atoms with van der Waals surface area (Å²) in [7, 11) is 1.52. The first-order valence-electron chi connectivity index (χ1n) is 8.03. The summed E-state index contributed by atoms with van der Waals surface area (Å²) in [5, 5.41) is 14.8. The number of aromatic hydroxyl groups is 1. The van der Waals surface area contributed by atoms with E-state index in [1.54, 1.807) is 12.1 Å².